The fourth-order valence-corrected chi connectivity index (χ4v) is 3.75. The summed E-state index contributed by atoms with van der Waals surface area (Å²) in [6.45, 7) is 0. The first kappa shape index (κ1) is 18.0. The molecule has 150 valence electrons. The average molecular weight is 401 g/mol. The van der Waals surface area contributed by atoms with Crippen LogP contribution in [0.25, 0.3) is 21.8 Å². The summed E-state index contributed by atoms with van der Waals surface area (Å²) in [4.78, 5) is 21.9. The number of aromatic amines is 2. The number of fused-ring (bicyclic) bond motifs is 2. The Hall–Kier alpha value is -4.11. The fourth-order valence-electron chi connectivity index (χ4n) is 3.75. The third-order valence-electron chi connectivity index (χ3n) is 5.20. The van der Waals surface area contributed by atoms with Gasteiger partial charge in [-0.2, -0.15) is 0 Å². The fraction of sp³-hybridized carbons (Fsp3) is 0.0952. The number of benzene rings is 2. The highest BCUT2D eigenvalue weighted by Gasteiger charge is 2.42. The average Bonchev–Trinajstić information content (AvgIpc) is 3.35. The second-order valence-corrected chi connectivity index (χ2v) is 7.30. The smallest absolute Gasteiger partial charge is 0.304 e. The molecule has 0 fully saturated rings. The van der Waals surface area contributed by atoms with Crippen LogP contribution in [0.4, 0.5) is 5.69 Å². The van der Waals surface area contributed by atoms with Crippen LogP contribution in [0.1, 0.15) is 5.56 Å². The van der Waals surface area contributed by atoms with Gasteiger partial charge >= 0.3 is 5.70 Å². The van der Waals surface area contributed by atoms with E-state index in [0.29, 0.717) is 5.96 Å². The molecule has 0 spiro atoms. The highest BCUT2D eigenvalue weighted by atomic mass is 16.6. The number of anilines is 1. The molecule has 9 heteroatoms. The first-order valence-electron chi connectivity index (χ1n) is 9.41. The van der Waals surface area contributed by atoms with Crippen molar-refractivity contribution >= 4 is 33.5 Å². The highest BCUT2D eigenvalue weighted by Crippen LogP contribution is 2.26. The number of aromatic nitrogens is 2. The molecule has 0 amide bonds. The van der Waals surface area contributed by atoms with Gasteiger partial charge < -0.3 is 20.6 Å². The zero-order valence-electron chi connectivity index (χ0n) is 15.8. The Bertz CT molecular complexity index is 1330. The van der Waals surface area contributed by atoms with Crippen LogP contribution < -0.4 is 16.4 Å². The van der Waals surface area contributed by atoms with Crippen LogP contribution in [0.15, 0.2) is 77.8 Å². The molecule has 9 nitrogen and oxygen atoms in total. The van der Waals surface area contributed by atoms with Gasteiger partial charge in [-0.3, -0.25) is 15.8 Å². The van der Waals surface area contributed by atoms with E-state index in [1.165, 1.54) is 6.20 Å². The molecule has 4 aromatic rings. The van der Waals surface area contributed by atoms with Crippen molar-refractivity contribution in [1.29, 1.82) is 0 Å². The van der Waals surface area contributed by atoms with Crippen molar-refractivity contribution in [2.45, 2.75) is 12.1 Å². The minimum Gasteiger partial charge on any atom is -0.361 e. The summed E-state index contributed by atoms with van der Waals surface area (Å²) < 4.78 is 0. The van der Waals surface area contributed by atoms with E-state index in [9.17, 15) is 10.1 Å². The molecule has 1 aliphatic rings. The standard InChI is InChI=1S/C21H19N7O2/c22-21(11-13-1-3-17-14(9-13)5-7-23-17)19(28(29)30)12-25-20(27-21)26-16-2-4-18-15(10-16)6-8-24-18/h1-10,12,23-24H,11,22H2,(H2,25,26,27). The second kappa shape index (κ2) is 6.75. The van der Waals surface area contributed by atoms with E-state index in [0.717, 1.165) is 33.1 Å². The van der Waals surface area contributed by atoms with Crippen LogP contribution in [-0.4, -0.2) is 26.5 Å². The van der Waals surface area contributed by atoms with Gasteiger partial charge in [-0.25, -0.2) is 4.99 Å². The number of H-pyrrole nitrogens is 2. The summed E-state index contributed by atoms with van der Waals surface area (Å²) in [6, 6.07) is 15.5. The molecule has 0 radical (unpaired) electrons. The highest BCUT2D eigenvalue weighted by molar-refractivity contribution is 5.97. The van der Waals surface area contributed by atoms with Crippen LogP contribution in [-0.2, 0) is 6.42 Å². The molecule has 3 heterocycles. The number of nitrogens with one attached hydrogen (secondary N) is 4. The largest absolute Gasteiger partial charge is 0.361 e. The number of nitro groups is 1. The van der Waals surface area contributed by atoms with Crippen molar-refractivity contribution in [2.75, 3.05) is 5.32 Å². The maximum absolute atomic E-state index is 11.6. The van der Waals surface area contributed by atoms with Gasteiger partial charge in [-0.1, -0.05) is 6.07 Å². The number of nitrogens with zero attached hydrogens (tertiary/aromatic N) is 2. The van der Waals surface area contributed by atoms with Gasteiger partial charge in [0, 0.05) is 40.9 Å². The number of nitrogens with two attached hydrogens (primary N) is 1. The molecule has 6 N–H and O–H groups in total. The third-order valence-corrected chi connectivity index (χ3v) is 5.20. The SMILES string of the molecule is NC1(Cc2ccc3[nH]ccc3c2)N=C(Nc2ccc3[nH]ccc3c2)NC=C1[N+](=O)[O-]. The van der Waals surface area contributed by atoms with E-state index in [2.05, 4.69) is 25.6 Å². The molecule has 0 saturated carbocycles. The molecule has 1 atom stereocenters. The maximum atomic E-state index is 11.6. The number of rotatable bonds is 4. The van der Waals surface area contributed by atoms with Gasteiger partial charge in [-0.05, 0) is 53.4 Å². The van der Waals surface area contributed by atoms with Gasteiger partial charge in [0.2, 0.25) is 11.6 Å². The Morgan fingerprint density at radius 3 is 2.47 bits per heavy atom. The summed E-state index contributed by atoms with van der Waals surface area (Å²) in [7, 11) is 0. The third kappa shape index (κ3) is 3.16. The lowest BCUT2D eigenvalue weighted by Crippen LogP contribution is -2.51. The Balaban J connectivity index is 1.46. The summed E-state index contributed by atoms with van der Waals surface area (Å²) in [6.07, 6.45) is 5.20. The maximum Gasteiger partial charge on any atom is 0.304 e. The van der Waals surface area contributed by atoms with E-state index in [4.69, 9.17) is 5.73 Å². The van der Waals surface area contributed by atoms with Crippen molar-refractivity contribution in [3.8, 4) is 0 Å². The minimum absolute atomic E-state index is 0.185. The predicted octanol–water partition coefficient (Wildman–Crippen LogP) is 3.04. The molecular weight excluding hydrogens is 382 g/mol. The number of guanidine groups is 1. The Morgan fingerprint density at radius 2 is 1.73 bits per heavy atom. The second-order valence-electron chi connectivity index (χ2n) is 7.30. The monoisotopic (exact) mass is 401 g/mol. The topological polar surface area (TPSA) is 137 Å². The van der Waals surface area contributed by atoms with Crippen molar-refractivity contribution in [3.63, 3.8) is 0 Å². The number of hydrogen-bond donors (Lipinski definition) is 5. The predicted molar refractivity (Wildman–Crippen MR) is 116 cm³/mol. The molecule has 0 bridgehead atoms. The van der Waals surface area contributed by atoms with E-state index in [1.54, 1.807) is 0 Å². The summed E-state index contributed by atoms with van der Waals surface area (Å²) in [5.74, 6) is 0.348. The lowest BCUT2D eigenvalue weighted by Gasteiger charge is -2.27. The Kier molecular flexibility index (Phi) is 4.04. The number of aliphatic imine (C=N–C) groups is 1. The van der Waals surface area contributed by atoms with E-state index in [-0.39, 0.29) is 12.1 Å². The van der Waals surface area contributed by atoms with Crippen LogP contribution in [0.2, 0.25) is 0 Å². The van der Waals surface area contributed by atoms with Gasteiger partial charge in [0.05, 0.1) is 11.1 Å². The zero-order chi connectivity index (χ0) is 20.7. The van der Waals surface area contributed by atoms with Gasteiger partial charge in [0.1, 0.15) is 0 Å². The minimum atomic E-state index is -1.51. The molecular formula is C21H19N7O2. The zero-order valence-corrected chi connectivity index (χ0v) is 15.8. The molecule has 0 saturated heterocycles. The summed E-state index contributed by atoms with van der Waals surface area (Å²) in [5, 5.41) is 19.7. The van der Waals surface area contributed by atoms with Crippen LogP contribution >= 0.6 is 0 Å². The Labute approximate surface area is 170 Å². The van der Waals surface area contributed by atoms with Gasteiger partial charge in [0.25, 0.3) is 0 Å². The molecule has 30 heavy (non-hydrogen) atoms. The Morgan fingerprint density at radius 1 is 1.03 bits per heavy atom. The van der Waals surface area contributed by atoms with Crippen LogP contribution in [0, 0.1) is 10.1 Å². The molecule has 5 rings (SSSR count). The molecule has 2 aromatic carbocycles. The summed E-state index contributed by atoms with van der Waals surface area (Å²) >= 11 is 0. The molecule has 1 aliphatic heterocycles. The first-order chi connectivity index (χ1) is 14.5. The van der Waals surface area contributed by atoms with E-state index < -0.39 is 10.6 Å². The first-order valence-corrected chi connectivity index (χ1v) is 9.41. The van der Waals surface area contributed by atoms with Crippen molar-refractivity contribution in [2.24, 2.45) is 10.7 Å². The quantitative estimate of drug-likeness (QED) is 0.264. The van der Waals surface area contributed by atoms with Crippen molar-refractivity contribution in [1.82, 2.24) is 15.3 Å². The van der Waals surface area contributed by atoms with E-state index in [1.807, 2.05) is 60.9 Å². The lowest BCUT2D eigenvalue weighted by molar-refractivity contribution is -0.435. The lowest BCUT2D eigenvalue weighted by atomic mass is 9.96. The van der Waals surface area contributed by atoms with Crippen LogP contribution in [0.3, 0.4) is 0 Å². The van der Waals surface area contributed by atoms with Crippen molar-refractivity contribution in [3.05, 3.63) is 88.5 Å². The van der Waals surface area contributed by atoms with Crippen molar-refractivity contribution < 1.29 is 4.92 Å². The molecule has 2 aromatic heterocycles. The van der Waals surface area contributed by atoms with Gasteiger partial charge in [0.15, 0.2) is 0 Å². The van der Waals surface area contributed by atoms with Crippen LogP contribution in [0.5, 0.6) is 0 Å². The summed E-state index contributed by atoms with van der Waals surface area (Å²) in [5.41, 5.74) is 8.44. The van der Waals surface area contributed by atoms with E-state index >= 15 is 0 Å². The normalized spacial score (nSPS) is 18.7. The number of hydrogen-bond acceptors (Lipinski definition) is 6. The van der Waals surface area contributed by atoms with Gasteiger partial charge in [-0.15, -0.1) is 0 Å². The molecule has 1 unspecified atom stereocenters. The molecule has 0 aliphatic carbocycles.